The van der Waals surface area contributed by atoms with Gasteiger partial charge in [0.15, 0.2) is 0 Å². The highest BCUT2D eigenvalue weighted by atomic mass is 19.4. The third-order valence-corrected chi connectivity index (χ3v) is 5.58. The van der Waals surface area contributed by atoms with Crippen molar-refractivity contribution in [3.63, 3.8) is 0 Å². The lowest BCUT2D eigenvalue weighted by atomic mass is 9.89. The van der Waals surface area contributed by atoms with Crippen LogP contribution in [0.25, 0.3) is 0 Å². The second-order valence-electron chi connectivity index (χ2n) is 7.40. The molecule has 1 saturated carbocycles. The van der Waals surface area contributed by atoms with Crippen LogP contribution >= 0.6 is 0 Å². The van der Waals surface area contributed by atoms with Crippen molar-refractivity contribution >= 4 is 11.8 Å². The monoisotopic (exact) mass is 368 g/mol. The number of carbonyl (C=O) groups is 2. The zero-order valence-corrected chi connectivity index (χ0v) is 14.5. The summed E-state index contributed by atoms with van der Waals surface area (Å²) in [5.74, 6) is -0.633. The zero-order valence-electron chi connectivity index (χ0n) is 14.5. The Labute approximate surface area is 150 Å². The van der Waals surface area contributed by atoms with E-state index in [9.17, 15) is 22.8 Å². The van der Waals surface area contributed by atoms with Gasteiger partial charge in [-0.15, -0.1) is 0 Å². The molecule has 1 aromatic rings. The van der Waals surface area contributed by atoms with E-state index in [1.807, 2.05) is 0 Å². The van der Waals surface area contributed by atoms with Gasteiger partial charge in [-0.25, -0.2) is 0 Å². The van der Waals surface area contributed by atoms with Gasteiger partial charge in [-0.1, -0.05) is 18.2 Å². The van der Waals surface area contributed by atoms with Crippen LogP contribution < -0.4 is 5.73 Å². The van der Waals surface area contributed by atoms with Crippen molar-refractivity contribution in [2.45, 2.75) is 44.7 Å². The Morgan fingerprint density at radius 2 is 1.92 bits per heavy atom. The van der Waals surface area contributed by atoms with Crippen LogP contribution in [0.15, 0.2) is 24.3 Å². The van der Waals surface area contributed by atoms with Gasteiger partial charge in [0.1, 0.15) is 5.41 Å². The predicted octanol–water partition coefficient (Wildman–Crippen LogP) is 3.14. The zero-order chi connectivity index (χ0) is 18.9. The van der Waals surface area contributed by atoms with Crippen LogP contribution in [0.5, 0.6) is 0 Å². The molecule has 2 aliphatic rings. The Hall–Kier alpha value is -2.05. The molecule has 2 fully saturated rings. The molecule has 0 aromatic heterocycles. The molecule has 0 radical (unpaired) electrons. The number of primary amides is 1. The Morgan fingerprint density at radius 3 is 2.54 bits per heavy atom. The molecule has 1 heterocycles. The van der Waals surface area contributed by atoms with E-state index in [0.717, 1.165) is 18.9 Å². The lowest BCUT2D eigenvalue weighted by molar-refractivity contribution is -0.144. The molecular formula is C19H23F3N2O2. The van der Waals surface area contributed by atoms with E-state index < -0.39 is 23.1 Å². The standard InChI is InChI=1S/C19H23F3N2O2/c20-19(21,22)15-6-2-1-5-14(15)8-7-13-4-3-11-24(12-13)17(26)18(9-10-18)16(23)25/h1-2,5-6,13H,3-4,7-12H2,(H2,23,25)/t13-/m0/s1. The van der Waals surface area contributed by atoms with Crippen LogP contribution in [-0.4, -0.2) is 29.8 Å². The normalized spacial score (nSPS) is 22.1. The molecule has 3 rings (SSSR count). The average molecular weight is 368 g/mol. The molecule has 1 aliphatic heterocycles. The molecule has 1 atom stereocenters. The van der Waals surface area contributed by atoms with Gasteiger partial charge in [-0.3, -0.25) is 9.59 Å². The molecule has 7 heteroatoms. The van der Waals surface area contributed by atoms with Gasteiger partial charge < -0.3 is 10.6 Å². The number of alkyl halides is 3. The first-order valence-corrected chi connectivity index (χ1v) is 8.98. The highest BCUT2D eigenvalue weighted by molar-refractivity contribution is 6.07. The van der Waals surface area contributed by atoms with E-state index in [-0.39, 0.29) is 11.8 Å². The van der Waals surface area contributed by atoms with E-state index in [2.05, 4.69) is 0 Å². The molecule has 1 saturated heterocycles. The largest absolute Gasteiger partial charge is 0.416 e. The van der Waals surface area contributed by atoms with Gasteiger partial charge in [0.2, 0.25) is 11.8 Å². The molecule has 2 amide bonds. The van der Waals surface area contributed by atoms with Gasteiger partial charge >= 0.3 is 6.18 Å². The molecule has 4 nitrogen and oxygen atoms in total. The number of hydrogen-bond acceptors (Lipinski definition) is 2. The van der Waals surface area contributed by atoms with Crippen molar-refractivity contribution in [2.24, 2.45) is 17.1 Å². The van der Waals surface area contributed by atoms with E-state index >= 15 is 0 Å². The Balaban J connectivity index is 1.62. The van der Waals surface area contributed by atoms with E-state index in [0.29, 0.717) is 44.3 Å². The van der Waals surface area contributed by atoms with Gasteiger partial charge in [-0.2, -0.15) is 13.2 Å². The smallest absolute Gasteiger partial charge is 0.369 e. The summed E-state index contributed by atoms with van der Waals surface area (Å²) in [6, 6.07) is 5.63. The topological polar surface area (TPSA) is 63.4 Å². The van der Waals surface area contributed by atoms with E-state index in [4.69, 9.17) is 5.73 Å². The maximum Gasteiger partial charge on any atom is 0.416 e. The minimum atomic E-state index is -4.36. The number of halogens is 3. The van der Waals surface area contributed by atoms with Crippen molar-refractivity contribution in [2.75, 3.05) is 13.1 Å². The Morgan fingerprint density at radius 1 is 1.23 bits per heavy atom. The van der Waals surface area contributed by atoms with Crippen LogP contribution in [0.4, 0.5) is 13.2 Å². The molecule has 0 bridgehead atoms. The fourth-order valence-corrected chi connectivity index (χ4v) is 3.85. The minimum absolute atomic E-state index is 0.137. The number of nitrogens with two attached hydrogens (primary N) is 1. The summed E-state index contributed by atoms with van der Waals surface area (Å²) in [7, 11) is 0. The first-order valence-electron chi connectivity index (χ1n) is 8.98. The van der Waals surface area contributed by atoms with Crippen LogP contribution in [0, 0.1) is 11.3 Å². The summed E-state index contributed by atoms with van der Waals surface area (Å²) in [5.41, 5.74) is 4.05. The minimum Gasteiger partial charge on any atom is -0.369 e. The quantitative estimate of drug-likeness (QED) is 0.812. The van der Waals surface area contributed by atoms with Gasteiger partial charge in [0, 0.05) is 13.1 Å². The second kappa shape index (κ2) is 6.93. The highest BCUT2D eigenvalue weighted by Gasteiger charge is 2.57. The number of piperidine rings is 1. The van der Waals surface area contributed by atoms with Crippen molar-refractivity contribution in [1.82, 2.24) is 4.90 Å². The first kappa shape index (κ1) is 18.7. The number of aryl methyl sites for hydroxylation is 1. The molecular weight excluding hydrogens is 345 g/mol. The van der Waals surface area contributed by atoms with Crippen LogP contribution in [-0.2, 0) is 22.2 Å². The third kappa shape index (κ3) is 3.71. The number of amides is 2. The fourth-order valence-electron chi connectivity index (χ4n) is 3.85. The summed E-state index contributed by atoms with van der Waals surface area (Å²) in [5, 5.41) is 0. The number of nitrogens with zero attached hydrogens (tertiary/aromatic N) is 1. The van der Waals surface area contributed by atoms with E-state index in [1.165, 1.54) is 12.1 Å². The first-order chi connectivity index (χ1) is 12.2. The lowest BCUT2D eigenvalue weighted by Crippen LogP contribution is -2.47. The predicted molar refractivity (Wildman–Crippen MR) is 89.9 cm³/mol. The number of benzene rings is 1. The summed E-state index contributed by atoms with van der Waals surface area (Å²) in [4.78, 5) is 25.8. The molecule has 1 aromatic carbocycles. The summed E-state index contributed by atoms with van der Waals surface area (Å²) in [6.07, 6.45) is -0.773. The van der Waals surface area contributed by atoms with Gasteiger partial charge in [-0.05, 0) is 56.1 Å². The van der Waals surface area contributed by atoms with Crippen molar-refractivity contribution in [3.8, 4) is 0 Å². The molecule has 0 unspecified atom stereocenters. The molecule has 142 valence electrons. The fraction of sp³-hybridized carbons (Fsp3) is 0.579. The van der Waals surface area contributed by atoms with Crippen LogP contribution in [0.1, 0.15) is 43.2 Å². The van der Waals surface area contributed by atoms with Gasteiger partial charge in [0.25, 0.3) is 0 Å². The number of hydrogen-bond donors (Lipinski definition) is 1. The number of rotatable bonds is 5. The molecule has 0 spiro atoms. The molecule has 26 heavy (non-hydrogen) atoms. The maximum absolute atomic E-state index is 13.1. The SMILES string of the molecule is NC(=O)C1(C(=O)N2CCC[C@@H](CCc3ccccc3C(F)(F)F)C2)CC1. The number of likely N-dealkylation sites (tertiary alicyclic amines) is 1. The van der Waals surface area contributed by atoms with Crippen molar-refractivity contribution in [3.05, 3.63) is 35.4 Å². The van der Waals surface area contributed by atoms with E-state index in [1.54, 1.807) is 11.0 Å². The lowest BCUT2D eigenvalue weighted by Gasteiger charge is -2.34. The van der Waals surface area contributed by atoms with Crippen molar-refractivity contribution < 1.29 is 22.8 Å². The highest BCUT2D eigenvalue weighted by Crippen LogP contribution is 2.47. The van der Waals surface area contributed by atoms with Crippen molar-refractivity contribution in [1.29, 1.82) is 0 Å². The van der Waals surface area contributed by atoms with Crippen LogP contribution in [0.2, 0.25) is 0 Å². The summed E-state index contributed by atoms with van der Waals surface area (Å²) in [6.45, 7) is 1.07. The summed E-state index contributed by atoms with van der Waals surface area (Å²) < 4.78 is 39.3. The molecule has 1 aliphatic carbocycles. The third-order valence-electron chi connectivity index (χ3n) is 5.58. The second-order valence-corrected chi connectivity index (χ2v) is 7.40. The maximum atomic E-state index is 13.1. The number of carbonyl (C=O) groups excluding carboxylic acids is 2. The Kier molecular flexibility index (Phi) is 4.99. The Bertz CT molecular complexity index is 698. The summed E-state index contributed by atoms with van der Waals surface area (Å²) >= 11 is 0. The molecule has 2 N–H and O–H groups in total. The van der Waals surface area contributed by atoms with Crippen LogP contribution in [0.3, 0.4) is 0 Å². The van der Waals surface area contributed by atoms with Gasteiger partial charge in [0.05, 0.1) is 5.56 Å². The average Bonchev–Trinajstić information content (AvgIpc) is 3.41.